The van der Waals surface area contributed by atoms with Gasteiger partial charge in [0.05, 0.1) is 33.2 Å². The summed E-state index contributed by atoms with van der Waals surface area (Å²) in [6, 6.07) is 3.01. The number of anilines is 1. The van der Waals surface area contributed by atoms with E-state index in [1.54, 1.807) is 17.8 Å². The van der Waals surface area contributed by atoms with Crippen molar-refractivity contribution in [1.82, 2.24) is 9.78 Å². The number of aromatic nitrogens is 2. The molecule has 1 amide bonds. The molecule has 2 aliphatic heterocycles. The van der Waals surface area contributed by atoms with Gasteiger partial charge in [-0.1, -0.05) is 0 Å². The second kappa shape index (κ2) is 5.66. The van der Waals surface area contributed by atoms with Crippen LogP contribution in [0.15, 0.2) is 12.1 Å². The molecule has 1 atom stereocenters. The van der Waals surface area contributed by atoms with Gasteiger partial charge in [0.2, 0.25) is 12.7 Å². The first kappa shape index (κ1) is 15.8. The Morgan fingerprint density at radius 2 is 2.12 bits per heavy atom. The summed E-state index contributed by atoms with van der Waals surface area (Å²) in [5.74, 6) is 1.40. The van der Waals surface area contributed by atoms with Crippen molar-refractivity contribution >= 4 is 29.2 Å². The molecular formula is C15H14N4O5S. The van der Waals surface area contributed by atoms with E-state index in [1.807, 2.05) is 6.92 Å². The summed E-state index contributed by atoms with van der Waals surface area (Å²) in [4.78, 5) is 23.2. The van der Waals surface area contributed by atoms with Gasteiger partial charge in [0.1, 0.15) is 5.82 Å². The summed E-state index contributed by atoms with van der Waals surface area (Å²) >= 11 is 1.33. The van der Waals surface area contributed by atoms with Crippen molar-refractivity contribution in [2.75, 3.05) is 17.9 Å². The SMILES string of the molecule is Cc1nn(C)c2c1C(c1cc3c(cc1[N+](=O)[O-])OCO3)SCC(=O)N2. The quantitative estimate of drug-likeness (QED) is 0.644. The molecule has 9 nitrogen and oxygen atoms in total. The number of ether oxygens (including phenoxy) is 2. The first-order valence-electron chi connectivity index (χ1n) is 7.48. The average Bonchev–Trinajstić information content (AvgIpc) is 3.06. The second-order valence-electron chi connectivity index (χ2n) is 5.73. The van der Waals surface area contributed by atoms with Crippen LogP contribution in [0, 0.1) is 17.0 Å². The Kier molecular flexibility index (Phi) is 3.57. The lowest BCUT2D eigenvalue weighted by molar-refractivity contribution is -0.385. The number of nitrogens with one attached hydrogen (secondary N) is 1. The molecule has 130 valence electrons. The van der Waals surface area contributed by atoms with Crippen molar-refractivity contribution in [2.45, 2.75) is 12.2 Å². The fourth-order valence-electron chi connectivity index (χ4n) is 3.11. The maximum atomic E-state index is 12.0. The molecule has 1 N–H and O–H groups in total. The first-order valence-corrected chi connectivity index (χ1v) is 8.53. The van der Waals surface area contributed by atoms with Gasteiger partial charge in [-0.05, 0) is 13.0 Å². The van der Waals surface area contributed by atoms with E-state index in [9.17, 15) is 14.9 Å². The Bertz CT molecular complexity index is 910. The van der Waals surface area contributed by atoms with E-state index in [2.05, 4.69) is 10.4 Å². The highest BCUT2D eigenvalue weighted by molar-refractivity contribution is 8.00. The zero-order valence-corrected chi connectivity index (χ0v) is 14.3. The zero-order chi connectivity index (χ0) is 17.7. The van der Waals surface area contributed by atoms with Gasteiger partial charge in [-0.25, -0.2) is 0 Å². The molecule has 10 heteroatoms. The summed E-state index contributed by atoms with van der Waals surface area (Å²) in [6.07, 6.45) is 0. The number of nitrogens with zero attached hydrogens (tertiary/aromatic N) is 3. The monoisotopic (exact) mass is 362 g/mol. The number of carbonyl (C=O) groups is 1. The van der Waals surface area contributed by atoms with Gasteiger partial charge in [-0.3, -0.25) is 19.6 Å². The van der Waals surface area contributed by atoms with Crippen LogP contribution in [0.1, 0.15) is 22.1 Å². The molecule has 0 saturated heterocycles. The van der Waals surface area contributed by atoms with Gasteiger partial charge < -0.3 is 14.8 Å². The van der Waals surface area contributed by atoms with Crippen molar-refractivity contribution < 1.29 is 19.2 Å². The highest BCUT2D eigenvalue weighted by Crippen LogP contribution is 2.49. The minimum atomic E-state index is -0.441. The highest BCUT2D eigenvalue weighted by Gasteiger charge is 2.35. The lowest BCUT2D eigenvalue weighted by Gasteiger charge is -2.16. The van der Waals surface area contributed by atoms with Crippen molar-refractivity contribution in [3.8, 4) is 11.5 Å². The van der Waals surface area contributed by atoms with Gasteiger partial charge in [0.25, 0.3) is 5.69 Å². The van der Waals surface area contributed by atoms with Gasteiger partial charge >= 0.3 is 0 Å². The number of aryl methyl sites for hydroxylation is 2. The molecule has 3 heterocycles. The first-order chi connectivity index (χ1) is 12.0. The number of hydrogen-bond donors (Lipinski definition) is 1. The van der Waals surface area contributed by atoms with Crippen LogP contribution < -0.4 is 14.8 Å². The molecule has 0 aliphatic carbocycles. The molecule has 0 saturated carbocycles. The van der Waals surface area contributed by atoms with Gasteiger partial charge in [0, 0.05) is 12.6 Å². The van der Waals surface area contributed by atoms with Crippen molar-refractivity contribution in [3.05, 3.63) is 39.1 Å². The molecule has 0 spiro atoms. The molecule has 0 radical (unpaired) electrons. The fraction of sp³-hybridized carbons (Fsp3) is 0.333. The normalized spacial score (nSPS) is 18.5. The molecule has 0 bridgehead atoms. The molecule has 1 unspecified atom stereocenters. The average molecular weight is 362 g/mol. The van der Waals surface area contributed by atoms with Crippen LogP contribution in [0.3, 0.4) is 0 Å². The van der Waals surface area contributed by atoms with Crippen molar-refractivity contribution in [2.24, 2.45) is 7.05 Å². The zero-order valence-electron chi connectivity index (χ0n) is 13.4. The number of benzene rings is 1. The topological polar surface area (TPSA) is 109 Å². The third kappa shape index (κ3) is 2.49. The van der Waals surface area contributed by atoms with E-state index in [-0.39, 0.29) is 24.1 Å². The van der Waals surface area contributed by atoms with E-state index in [0.29, 0.717) is 28.6 Å². The molecule has 1 aromatic carbocycles. The van der Waals surface area contributed by atoms with Gasteiger partial charge in [-0.2, -0.15) is 5.10 Å². The Morgan fingerprint density at radius 3 is 2.84 bits per heavy atom. The molecule has 0 fully saturated rings. The molecule has 25 heavy (non-hydrogen) atoms. The molecule has 4 rings (SSSR count). The summed E-state index contributed by atoms with van der Waals surface area (Å²) in [6.45, 7) is 1.85. The summed E-state index contributed by atoms with van der Waals surface area (Å²) in [5, 5.41) is 18.4. The third-order valence-electron chi connectivity index (χ3n) is 4.17. The third-order valence-corrected chi connectivity index (χ3v) is 5.42. The highest BCUT2D eigenvalue weighted by atomic mass is 32.2. The molecule has 2 aliphatic rings. The number of rotatable bonds is 2. The predicted molar refractivity (Wildman–Crippen MR) is 90.1 cm³/mol. The number of nitro benzene ring substituents is 1. The minimum absolute atomic E-state index is 0.0327. The summed E-state index contributed by atoms with van der Waals surface area (Å²) < 4.78 is 12.2. The lowest BCUT2D eigenvalue weighted by atomic mass is 10.0. The number of nitro groups is 1. The number of amides is 1. The number of hydrogen-bond acceptors (Lipinski definition) is 7. The lowest BCUT2D eigenvalue weighted by Crippen LogP contribution is -2.15. The number of carbonyl (C=O) groups excluding carboxylic acids is 1. The van der Waals surface area contributed by atoms with Crippen LogP contribution in [0.4, 0.5) is 11.5 Å². The van der Waals surface area contributed by atoms with Crippen LogP contribution in [-0.4, -0.2) is 33.2 Å². The van der Waals surface area contributed by atoms with E-state index >= 15 is 0 Å². The Hall–Kier alpha value is -2.75. The van der Waals surface area contributed by atoms with E-state index in [1.165, 1.54) is 17.8 Å². The van der Waals surface area contributed by atoms with E-state index in [4.69, 9.17) is 9.47 Å². The van der Waals surface area contributed by atoms with Crippen molar-refractivity contribution in [1.29, 1.82) is 0 Å². The van der Waals surface area contributed by atoms with Crippen molar-refractivity contribution in [3.63, 3.8) is 0 Å². The van der Waals surface area contributed by atoms with Crippen LogP contribution >= 0.6 is 11.8 Å². The van der Waals surface area contributed by atoms with E-state index < -0.39 is 10.2 Å². The second-order valence-corrected chi connectivity index (χ2v) is 6.83. The maximum Gasteiger partial charge on any atom is 0.278 e. The van der Waals surface area contributed by atoms with E-state index in [0.717, 1.165) is 5.56 Å². The van der Waals surface area contributed by atoms with Gasteiger partial charge in [-0.15, -0.1) is 11.8 Å². The minimum Gasteiger partial charge on any atom is -0.454 e. The van der Waals surface area contributed by atoms with Gasteiger partial charge in [0.15, 0.2) is 11.5 Å². The van der Waals surface area contributed by atoms with Crippen LogP contribution in [0.2, 0.25) is 0 Å². The Balaban J connectivity index is 1.93. The summed E-state index contributed by atoms with van der Waals surface area (Å²) in [7, 11) is 1.73. The largest absolute Gasteiger partial charge is 0.454 e. The van der Waals surface area contributed by atoms with Crippen LogP contribution in [0.5, 0.6) is 11.5 Å². The summed E-state index contributed by atoms with van der Waals surface area (Å²) in [5.41, 5.74) is 1.88. The molecule has 1 aromatic heterocycles. The predicted octanol–water partition coefficient (Wildman–Crippen LogP) is 2.14. The molecule has 2 aromatic rings. The standard InChI is InChI=1S/C15H14N4O5S/c1-7-13-14(25-5-12(20)16-15(13)18(2)17-7)8-3-10-11(24-6-23-10)4-9(8)19(21)22/h3-4,14H,5-6H2,1-2H3,(H,16,20). The smallest absolute Gasteiger partial charge is 0.278 e. The maximum absolute atomic E-state index is 12.0. The Morgan fingerprint density at radius 1 is 1.40 bits per heavy atom. The fourth-order valence-corrected chi connectivity index (χ4v) is 4.31. The number of fused-ring (bicyclic) bond motifs is 2. The van der Waals surface area contributed by atoms with Crippen LogP contribution in [-0.2, 0) is 11.8 Å². The Labute approximate surface area is 146 Å². The van der Waals surface area contributed by atoms with Crippen LogP contribution in [0.25, 0.3) is 0 Å². The molecular weight excluding hydrogens is 348 g/mol. The number of thioether (sulfide) groups is 1.